The fourth-order valence-corrected chi connectivity index (χ4v) is 3.22. The minimum Gasteiger partial charge on any atom is -0.496 e. The highest BCUT2D eigenvalue weighted by molar-refractivity contribution is 6.51. The number of nitrogens with one attached hydrogen (secondary N) is 1. The molecule has 0 aliphatic carbocycles. The standard InChI is InChI=1S/C15H13Cl4NO/c1-20-7-9-5-8(3-4-12(9)21-2)13-10(16)6-11(17)14(18)15(13)19/h3-6,20H,7H2,1-2H3. The summed E-state index contributed by atoms with van der Waals surface area (Å²) in [6.45, 7) is 0.660. The normalized spacial score (nSPS) is 10.8. The quantitative estimate of drug-likeness (QED) is 0.555. The van der Waals surface area contributed by atoms with E-state index in [2.05, 4.69) is 5.32 Å². The van der Waals surface area contributed by atoms with E-state index in [4.69, 9.17) is 51.1 Å². The Morgan fingerprint density at radius 3 is 2.33 bits per heavy atom. The first-order chi connectivity index (χ1) is 9.99. The number of methoxy groups -OCH3 is 1. The highest BCUT2D eigenvalue weighted by Crippen LogP contribution is 2.43. The van der Waals surface area contributed by atoms with Crippen molar-refractivity contribution in [2.24, 2.45) is 0 Å². The van der Waals surface area contributed by atoms with Crippen molar-refractivity contribution in [3.8, 4) is 16.9 Å². The van der Waals surface area contributed by atoms with Gasteiger partial charge in [0.15, 0.2) is 0 Å². The van der Waals surface area contributed by atoms with Crippen LogP contribution in [0.25, 0.3) is 11.1 Å². The molecular weight excluding hydrogens is 352 g/mol. The smallest absolute Gasteiger partial charge is 0.123 e. The maximum absolute atomic E-state index is 6.29. The molecule has 1 N–H and O–H groups in total. The van der Waals surface area contributed by atoms with E-state index in [1.54, 1.807) is 13.2 Å². The summed E-state index contributed by atoms with van der Waals surface area (Å²) >= 11 is 24.6. The highest BCUT2D eigenvalue weighted by atomic mass is 35.5. The Labute approximate surface area is 143 Å². The Morgan fingerprint density at radius 2 is 1.71 bits per heavy atom. The van der Waals surface area contributed by atoms with Crippen LogP contribution in [0.5, 0.6) is 5.75 Å². The van der Waals surface area contributed by atoms with Crippen LogP contribution in [0.15, 0.2) is 24.3 Å². The van der Waals surface area contributed by atoms with Gasteiger partial charge < -0.3 is 10.1 Å². The second-order valence-corrected chi connectivity index (χ2v) is 5.97. The summed E-state index contributed by atoms with van der Waals surface area (Å²) < 4.78 is 5.34. The molecule has 0 heterocycles. The maximum atomic E-state index is 6.29. The van der Waals surface area contributed by atoms with E-state index in [1.807, 2.05) is 25.2 Å². The number of hydrogen-bond acceptors (Lipinski definition) is 2. The van der Waals surface area contributed by atoms with Crippen LogP contribution in [0.3, 0.4) is 0 Å². The summed E-state index contributed by atoms with van der Waals surface area (Å²) in [6.07, 6.45) is 0. The van der Waals surface area contributed by atoms with Gasteiger partial charge in [-0.05, 0) is 30.8 Å². The van der Waals surface area contributed by atoms with Crippen molar-refractivity contribution < 1.29 is 4.74 Å². The molecule has 0 bridgehead atoms. The lowest BCUT2D eigenvalue weighted by Crippen LogP contribution is -2.06. The first-order valence-corrected chi connectivity index (χ1v) is 7.65. The van der Waals surface area contributed by atoms with Crippen LogP contribution in [0.2, 0.25) is 20.1 Å². The van der Waals surface area contributed by atoms with Crippen LogP contribution in [-0.2, 0) is 6.54 Å². The minimum atomic E-state index is 0.295. The van der Waals surface area contributed by atoms with Crippen molar-refractivity contribution in [3.05, 3.63) is 49.9 Å². The van der Waals surface area contributed by atoms with Gasteiger partial charge in [-0.25, -0.2) is 0 Å². The van der Waals surface area contributed by atoms with Gasteiger partial charge in [-0.2, -0.15) is 0 Å². The molecular formula is C15H13Cl4NO. The number of rotatable bonds is 4. The second kappa shape index (κ2) is 7.08. The lowest BCUT2D eigenvalue weighted by molar-refractivity contribution is 0.408. The van der Waals surface area contributed by atoms with E-state index in [9.17, 15) is 0 Å². The molecule has 0 radical (unpaired) electrons. The Hall–Kier alpha value is -0.640. The van der Waals surface area contributed by atoms with Gasteiger partial charge >= 0.3 is 0 Å². The Morgan fingerprint density at radius 1 is 1.00 bits per heavy atom. The van der Waals surface area contributed by atoms with Gasteiger partial charge in [0.05, 0.1) is 27.2 Å². The summed E-state index contributed by atoms with van der Waals surface area (Å²) in [5, 5.41) is 4.52. The first kappa shape index (κ1) is 16.7. The molecule has 0 unspecified atom stereocenters. The van der Waals surface area contributed by atoms with Crippen LogP contribution < -0.4 is 10.1 Å². The molecule has 0 fully saturated rings. The van der Waals surface area contributed by atoms with Gasteiger partial charge in [-0.1, -0.05) is 52.5 Å². The average Bonchev–Trinajstić information content (AvgIpc) is 2.45. The fourth-order valence-electron chi connectivity index (χ4n) is 2.09. The first-order valence-electron chi connectivity index (χ1n) is 6.14. The third kappa shape index (κ3) is 3.41. The molecule has 2 rings (SSSR count). The molecule has 6 heteroatoms. The van der Waals surface area contributed by atoms with E-state index in [-0.39, 0.29) is 0 Å². The molecule has 0 spiro atoms. The highest BCUT2D eigenvalue weighted by Gasteiger charge is 2.16. The summed E-state index contributed by atoms with van der Waals surface area (Å²) in [6, 6.07) is 7.31. The van der Waals surface area contributed by atoms with Crippen molar-refractivity contribution in [2.45, 2.75) is 6.54 Å². The SMILES string of the molecule is CNCc1cc(-c2c(Cl)cc(Cl)c(Cl)c2Cl)ccc1OC. The van der Waals surface area contributed by atoms with Crippen molar-refractivity contribution in [1.29, 1.82) is 0 Å². The minimum absolute atomic E-state index is 0.295. The number of ether oxygens (including phenoxy) is 1. The summed E-state index contributed by atoms with van der Waals surface area (Å²) in [7, 11) is 3.50. The third-order valence-electron chi connectivity index (χ3n) is 3.05. The summed E-state index contributed by atoms with van der Waals surface area (Å²) in [5.41, 5.74) is 2.51. The molecule has 0 aliphatic heterocycles. The molecule has 0 saturated carbocycles. The molecule has 2 aromatic carbocycles. The predicted molar refractivity (Wildman–Crippen MR) is 91.2 cm³/mol. The lowest BCUT2D eigenvalue weighted by atomic mass is 10.0. The molecule has 2 nitrogen and oxygen atoms in total. The monoisotopic (exact) mass is 363 g/mol. The maximum Gasteiger partial charge on any atom is 0.123 e. The van der Waals surface area contributed by atoms with Gasteiger partial charge in [-0.3, -0.25) is 0 Å². The molecule has 2 aromatic rings. The molecule has 0 atom stereocenters. The zero-order chi connectivity index (χ0) is 15.6. The zero-order valence-electron chi connectivity index (χ0n) is 11.4. The van der Waals surface area contributed by atoms with Crippen LogP contribution in [0.4, 0.5) is 0 Å². The fraction of sp³-hybridized carbons (Fsp3) is 0.200. The average molecular weight is 365 g/mol. The van der Waals surface area contributed by atoms with Gasteiger partial charge in [0.1, 0.15) is 5.75 Å². The van der Waals surface area contributed by atoms with Gasteiger partial charge in [0.2, 0.25) is 0 Å². The van der Waals surface area contributed by atoms with Crippen LogP contribution in [0, 0.1) is 0 Å². The molecule has 112 valence electrons. The topological polar surface area (TPSA) is 21.3 Å². The zero-order valence-corrected chi connectivity index (χ0v) is 14.5. The molecule has 0 aliphatic rings. The summed E-state index contributed by atoms with van der Waals surface area (Å²) in [4.78, 5) is 0. The number of halogens is 4. The van der Waals surface area contributed by atoms with Crippen LogP contribution in [0.1, 0.15) is 5.56 Å². The number of benzene rings is 2. The van der Waals surface area contributed by atoms with E-state index >= 15 is 0 Å². The van der Waals surface area contributed by atoms with Crippen molar-refractivity contribution in [3.63, 3.8) is 0 Å². The largest absolute Gasteiger partial charge is 0.496 e. The van der Waals surface area contributed by atoms with Crippen molar-refractivity contribution >= 4 is 46.4 Å². The van der Waals surface area contributed by atoms with Gasteiger partial charge in [0, 0.05) is 17.7 Å². The second-order valence-electron chi connectivity index (χ2n) is 4.40. The van der Waals surface area contributed by atoms with E-state index in [1.165, 1.54) is 0 Å². The Balaban J connectivity index is 2.62. The van der Waals surface area contributed by atoms with E-state index < -0.39 is 0 Å². The third-order valence-corrected chi connectivity index (χ3v) is 4.61. The predicted octanol–water partition coefficient (Wildman–Crippen LogP) is 5.70. The van der Waals surface area contributed by atoms with Crippen LogP contribution >= 0.6 is 46.4 Å². The van der Waals surface area contributed by atoms with Crippen molar-refractivity contribution in [1.82, 2.24) is 5.32 Å². The Kier molecular flexibility index (Phi) is 5.64. The lowest BCUT2D eigenvalue weighted by Gasteiger charge is -2.14. The van der Waals surface area contributed by atoms with Crippen molar-refractivity contribution in [2.75, 3.05) is 14.2 Å². The van der Waals surface area contributed by atoms with Gasteiger partial charge in [0.25, 0.3) is 0 Å². The molecule has 21 heavy (non-hydrogen) atoms. The van der Waals surface area contributed by atoms with Crippen LogP contribution in [-0.4, -0.2) is 14.2 Å². The molecule has 0 aromatic heterocycles. The van der Waals surface area contributed by atoms with E-state index in [0.717, 1.165) is 16.9 Å². The molecule has 0 amide bonds. The molecule has 0 saturated heterocycles. The Bertz CT molecular complexity index is 673. The van der Waals surface area contributed by atoms with Gasteiger partial charge in [-0.15, -0.1) is 0 Å². The number of hydrogen-bond donors (Lipinski definition) is 1. The van der Waals surface area contributed by atoms with E-state index in [0.29, 0.717) is 32.2 Å². The summed E-state index contributed by atoms with van der Waals surface area (Å²) in [5.74, 6) is 0.792.